The van der Waals surface area contributed by atoms with Gasteiger partial charge in [-0.15, -0.1) is 13.2 Å². The fourth-order valence-electron chi connectivity index (χ4n) is 2.38. The Bertz CT molecular complexity index is 408. The molecule has 1 N–H and O–H groups in total. The van der Waals surface area contributed by atoms with Gasteiger partial charge in [0.2, 0.25) is 0 Å². The third-order valence-electron chi connectivity index (χ3n) is 2.99. The van der Waals surface area contributed by atoms with Crippen LogP contribution in [0.25, 0.3) is 0 Å². The van der Waals surface area contributed by atoms with Gasteiger partial charge in [0.1, 0.15) is 5.75 Å². The summed E-state index contributed by atoms with van der Waals surface area (Å²) in [6.45, 7) is 1.95. The van der Waals surface area contributed by atoms with Crippen LogP contribution in [0.2, 0.25) is 0 Å². The molecule has 0 atom stereocenters. The van der Waals surface area contributed by atoms with Gasteiger partial charge in [-0.3, -0.25) is 0 Å². The number of benzene rings is 1. The highest BCUT2D eigenvalue weighted by Crippen LogP contribution is 2.48. The molecule has 5 heteroatoms. The first kappa shape index (κ1) is 12.2. The molecular formula is C12H13F3O2. The first-order chi connectivity index (χ1) is 7.80. The van der Waals surface area contributed by atoms with E-state index in [0.29, 0.717) is 18.8 Å². The van der Waals surface area contributed by atoms with Crippen LogP contribution in [0.1, 0.15) is 25.3 Å². The van der Waals surface area contributed by atoms with Gasteiger partial charge in [0.25, 0.3) is 0 Å². The lowest BCUT2D eigenvalue weighted by Crippen LogP contribution is -2.40. The number of aliphatic hydroxyl groups is 1. The number of para-hydroxylation sites is 1. The van der Waals surface area contributed by atoms with Gasteiger partial charge in [-0.25, -0.2) is 0 Å². The fourth-order valence-corrected chi connectivity index (χ4v) is 2.38. The number of hydrogen-bond acceptors (Lipinski definition) is 2. The average Bonchev–Trinajstić information content (AvgIpc) is 2.13. The summed E-state index contributed by atoms with van der Waals surface area (Å²) in [6, 6.07) is 5.76. The Kier molecular flexibility index (Phi) is 2.81. The fraction of sp³-hybridized carbons (Fsp3) is 0.500. The highest BCUT2D eigenvalue weighted by Gasteiger charge is 2.44. The predicted octanol–water partition coefficient (Wildman–Crippen LogP) is 3.20. The van der Waals surface area contributed by atoms with E-state index in [1.807, 2.05) is 6.92 Å². The van der Waals surface area contributed by atoms with E-state index in [0.717, 1.165) is 0 Å². The Balaban J connectivity index is 2.28. The van der Waals surface area contributed by atoms with Crippen LogP contribution in [0.15, 0.2) is 24.3 Å². The smallest absolute Gasteiger partial charge is 0.405 e. The Morgan fingerprint density at radius 1 is 1.29 bits per heavy atom. The van der Waals surface area contributed by atoms with Crippen LogP contribution < -0.4 is 4.74 Å². The normalized spacial score (nSPS) is 28.6. The van der Waals surface area contributed by atoms with Crippen molar-refractivity contribution < 1.29 is 23.0 Å². The number of hydrogen-bond donors (Lipinski definition) is 1. The lowest BCUT2D eigenvalue weighted by molar-refractivity contribution is -0.275. The first-order valence-electron chi connectivity index (χ1n) is 5.38. The van der Waals surface area contributed by atoms with Crippen LogP contribution >= 0.6 is 0 Å². The van der Waals surface area contributed by atoms with Crippen LogP contribution in [-0.4, -0.2) is 11.5 Å². The second-order valence-electron chi connectivity index (χ2n) is 4.59. The highest BCUT2D eigenvalue weighted by atomic mass is 19.4. The van der Waals surface area contributed by atoms with Gasteiger partial charge in [-0.2, -0.15) is 0 Å². The number of rotatable bonds is 2. The van der Waals surface area contributed by atoms with Crippen LogP contribution in [0.4, 0.5) is 13.2 Å². The maximum Gasteiger partial charge on any atom is 0.573 e. The molecule has 0 radical (unpaired) electrons. The maximum absolute atomic E-state index is 12.2. The zero-order valence-electron chi connectivity index (χ0n) is 9.29. The molecule has 0 amide bonds. The summed E-state index contributed by atoms with van der Waals surface area (Å²) in [5.41, 5.74) is -0.961. The van der Waals surface area contributed by atoms with Crippen molar-refractivity contribution in [2.24, 2.45) is 5.92 Å². The van der Waals surface area contributed by atoms with Crippen LogP contribution in [0, 0.1) is 5.92 Å². The van der Waals surface area contributed by atoms with Gasteiger partial charge in [0.15, 0.2) is 0 Å². The van der Waals surface area contributed by atoms with Crippen molar-refractivity contribution in [1.82, 2.24) is 0 Å². The zero-order chi connectivity index (χ0) is 12.7. The average molecular weight is 246 g/mol. The second kappa shape index (κ2) is 3.91. The molecule has 1 aromatic rings. The Labute approximate surface area is 97.0 Å². The third kappa shape index (κ3) is 2.54. The van der Waals surface area contributed by atoms with Crippen LogP contribution in [0.3, 0.4) is 0 Å². The van der Waals surface area contributed by atoms with Gasteiger partial charge in [-0.1, -0.05) is 25.1 Å². The minimum atomic E-state index is -4.73. The number of alkyl halides is 3. The van der Waals surface area contributed by atoms with Crippen molar-refractivity contribution in [3.63, 3.8) is 0 Å². The molecule has 1 aliphatic rings. The van der Waals surface area contributed by atoms with Gasteiger partial charge >= 0.3 is 6.36 Å². The van der Waals surface area contributed by atoms with Crippen molar-refractivity contribution in [2.75, 3.05) is 0 Å². The maximum atomic E-state index is 12.2. The summed E-state index contributed by atoms with van der Waals surface area (Å²) >= 11 is 0. The monoisotopic (exact) mass is 246 g/mol. The summed E-state index contributed by atoms with van der Waals surface area (Å²) in [7, 11) is 0. The van der Waals surface area contributed by atoms with Crippen LogP contribution in [-0.2, 0) is 5.60 Å². The summed E-state index contributed by atoms with van der Waals surface area (Å²) in [4.78, 5) is 0. The third-order valence-corrected chi connectivity index (χ3v) is 2.99. The molecule has 2 rings (SSSR count). The summed E-state index contributed by atoms with van der Waals surface area (Å²) in [5, 5.41) is 10.2. The molecule has 17 heavy (non-hydrogen) atoms. The standard InChI is InChI=1S/C12H13F3O2/c1-8-6-11(16,7-8)9-4-2-3-5-10(9)17-12(13,14)15/h2-5,8,16H,6-7H2,1H3. The molecule has 0 spiro atoms. The van der Waals surface area contributed by atoms with Gasteiger partial charge in [0.05, 0.1) is 5.60 Å². The molecule has 94 valence electrons. The summed E-state index contributed by atoms with van der Waals surface area (Å²) in [6.07, 6.45) is -3.81. The van der Waals surface area contributed by atoms with E-state index in [9.17, 15) is 18.3 Å². The van der Waals surface area contributed by atoms with E-state index in [4.69, 9.17) is 0 Å². The largest absolute Gasteiger partial charge is 0.573 e. The predicted molar refractivity (Wildman–Crippen MR) is 55.4 cm³/mol. The molecule has 0 bridgehead atoms. The molecular weight excluding hydrogens is 233 g/mol. The quantitative estimate of drug-likeness (QED) is 0.868. The van der Waals surface area contributed by atoms with Crippen molar-refractivity contribution in [3.05, 3.63) is 29.8 Å². The molecule has 2 nitrogen and oxygen atoms in total. The SMILES string of the molecule is CC1CC(O)(c2ccccc2OC(F)(F)F)C1. The lowest BCUT2D eigenvalue weighted by atomic mass is 9.68. The second-order valence-corrected chi connectivity index (χ2v) is 4.59. The van der Waals surface area contributed by atoms with Gasteiger partial charge in [-0.05, 0) is 24.8 Å². The molecule has 0 unspecified atom stereocenters. The minimum Gasteiger partial charge on any atom is -0.405 e. The van der Waals surface area contributed by atoms with E-state index in [1.165, 1.54) is 18.2 Å². The van der Waals surface area contributed by atoms with E-state index < -0.39 is 12.0 Å². The van der Waals surface area contributed by atoms with Gasteiger partial charge < -0.3 is 9.84 Å². The topological polar surface area (TPSA) is 29.5 Å². The van der Waals surface area contributed by atoms with Crippen molar-refractivity contribution in [2.45, 2.75) is 31.7 Å². The first-order valence-corrected chi connectivity index (χ1v) is 5.38. The minimum absolute atomic E-state index is 0.218. The molecule has 0 heterocycles. The zero-order valence-corrected chi connectivity index (χ0v) is 9.29. The highest BCUT2D eigenvalue weighted by molar-refractivity contribution is 5.39. The van der Waals surface area contributed by atoms with Crippen LogP contribution in [0.5, 0.6) is 5.75 Å². The molecule has 1 fully saturated rings. The molecule has 1 aliphatic carbocycles. The molecule has 1 saturated carbocycles. The van der Waals surface area contributed by atoms with Crippen molar-refractivity contribution in [1.29, 1.82) is 0 Å². The molecule has 0 aromatic heterocycles. The number of halogens is 3. The van der Waals surface area contributed by atoms with Crippen molar-refractivity contribution in [3.8, 4) is 5.75 Å². The Hall–Kier alpha value is -1.23. The lowest BCUT2D eigenvalue weighted by Gasteiger charge is -2.43. The van der Waals surface area contributed by atoms with E-state index >= 15 is 0 Å². The molecule has 0 aliphatic heterocycles. The summed E-state index contributed by atoms with van der Waals surface area (Å²) in [5.74, 6) is 0.00772. The van der Waals surface area contributed by atoms with E-state index in [-0.39, 0.29) is 11.3 Å². The molecule has 0 saturated heterocycles. The Morgan fingerprint density at radius 2 is 1.88 bits per heavy atom. The van der Waals surface area contributed by atoms with E-state index in [2.05, 4.69) is 4.74 Å². The summed E-state index contributed by atoms with van der Waals surface area (Å²) < 4.78 is 40.5. The van der Waals surface area contributed by atoms with Gasteiger partial charge in [0, 0.05) is 5.56 Å². The Morgan fingerprint density at radius 3 is 2.41 bits per heavy atom. The van der Waals surface area contributed by atoms with E-state index in [1.54, 1.807) is 6.07 Å². The van der Waals surface area contributed by atoms with Crippen molar-refractivity contribution >= 4 is 0 Å². The molecule has 1 aromatic carbocycles. The number of ether oxygens (including phenoxy) is 1.